The molecule has 1 aliphatic rings. The van der Waals surface area contributed by atoms with Crippen LogP contribution in [0.2, 0.25) is 0 Å². The van der Waals surface area contributed by atoms with E-state index in [1.807, 2.05) is 44.2 Å². The zero-order valence-electron chi connectivity index (χ0n) is 14.9. The summed E-state index contributed by atoms with van der Waals surface area (Å²) in [4.78, 5) is 38.0. The number of likely N-dealkylation sites (tertiary alicyclic amines) is 1. The number of carbonyl (C=O) groups is 3. The molecule has 1 aromatic carbocycles. The van der Waals surface area contributed by atoms with Crippen LogP contribution in [0.15, 0.2) is 30.3 Å². The van der Waals surface area contributed by atoms with Crippen LogP contribution < -0.4 is 5.32 Å². The van der Waals surface area contributed by atoms with Gasteiger partial charge in [0.25, 0.3) is 0 Å². The molecule has 1 N–H and O–H groups in total. The van der Waals surface area contributed by atoms with E-state index in [1.54, 1.807) is 0 Å². The summed E-state index contributed by atoms with van der Waals surface area (Å²) in [6.07, 6.45) is 2.08. The van der Waals surface area contributed by atoms with Gasteiger partial charge in [-0.3, -0.25) is 9.59 Å². The molecule has 0 saturated carbocycles. The second kappa shape index (κ2) is 9.20. The molecule has 2 amide bonds. The van der Waals surface area contributed by atoms with Crippen molar-refractivity contribution in [2.45, 2.75) is 45.8 Å². The van der Waals surface area contributed by atoms with Gasteiger partial charge in [-0.25, -0.2) is 4.79 Å². The van der Waals surface area contributed by atoms with Gasteiger partial charge in [-0.2, -0.15) is 0 Å². The molecule has 0 unspecified atom stereocenters. The Morgan fingerprint density at radius 2 is 2.00 bits per heavy atom. The monoisotopic (exact) mass is 346 g/mol. The lowest BCUT2D eigenvalue weighted by Crippen LogP contribution is -2.46. The molecule has 25 heavy (non-hydrogen) atoms. The molecule has 6 nitrogen and oxygen atoms in total. The summed E-state index contributed by atoms with van der Waals surface area (Å²) < 4.78 is 5.35. The number of hydrogen-bond donors (Lipinski definition) is 1. The van der Waals surface area contributed by atoms with Crippen molar-refractivity contribution in [3.63, 3.8) is 0 Å². The minimum Gasteiger partial charge on any atom is -0.459 e. The molecule has 136 valence electrons. The van der Waals surface area contributed by atoms with Gasteiger partial charge in [0.15, 0.2) is 0 Å². The molecular formula is C19H26N2O4. The molecule has 1 heterocycles. The van der Waals surface area contributed by atoms with Gasteiger partial charge < -0.3 is 15.0 Å². The Labute approximate surface area is 148 Å². The van der Waals surface area contributed by atoms with Crippen LogP contribution in [0.5, 0.6) is 0 Å². The van der Waals surface area contributed by atoms with Crippen molar-refractivity contribution >= 4 is 17.8 Å². The molecule has 0 spiro atoms. The fourth-order valence-corrected chi connectivity index (χ4v) is 2.76. The number of ether oxygens (including phenoxy) is 1. The number of nitrogens with one attached hydrogen (secondary N) is 1. The van der Waals surface area contributed by atoms with Gasteiger partial charge in [0.1, 0.15) is 12.6 Å². The third-order valence-electron chi connectivity index (χ3n) is 4.54. The maximum Gasteiger partial charge on any atom is 0.329 e. The van der Waals surface area contributed by atoms with E-state index in [-0.39, 0.29) is 36.9 Å². The van der Waals surface area contributed by atoms with Gasteiger partial charge in [0.2, 0.25) is 11.8 Å². The highest BCUT2D eigenvalue weighted by atomic mass is 16.5. The van der Waals surface area contributed by atoms with Crippen molar-refractivity contribution in [1.29, 1.82) is 0 Å². The third kappa shape index (κ3) is 5.31. The molecule has 0 radical (unpaired) electrons. The molecular weight excluding hydrogens is 320 g/mol. The third-order valence-corrected chi connectivity index (χ3v) is 4.54. The summed E-state index contributed by atoms with van der Waals surface area (Å²) in [6, 6.07) is 8.88. The summed E-state index contributed by atoms with van der Waals surface area (Å²) in [5, 5.41) is 2.65. The van der Waals surface area contributed by atoms with Crippen LogP contribution in [0.1, 0.15) is 38.7 Å². The highest BCUT2D eigenvalue weighted by Gasteiger charge is 2.35. The van der Waals surface area contributed by atoms with E-state index >= 15 is 0 Å². The van der Waals surface area contributed by atoms with Crippen LogP contribution in [-0.2, 0) is 25.7 Å². The largest absolute Gasteiger partial charge is 0.459 e. The Morgan fingerprint density at radius 3 is 2.68 bits per heavy atom. The minimum atomic E-state index is -0.559. The molecule has 1 aliphatic heterocycles. The summed E-state index contributed by atoms with van der Waals surface area (Å²) in [5.41, 5.74) is 0.910. The molecule has 1 fully saturated rings. The predicted molar refractivity (Wildman–Crippen MR) is 93.4 cm³/mol. The summed E-state index contributed by atoms with van der Waals surface area (Å²) in [5.74, 6) is -0.893. The van der Waals surface area contributed by atoms with Gasteiger partial charge in [-0.15, -0.1) is 0 Å². The first-order valence-electron chi connectivity index (χ1n) is 8.80. The zero-order chi connectivity index (χ0) is 18.2. The predicted octanol–water partition coefficient (Wildman–Crippen LogP) is 1.88. The smallest absolute Gasteiger partial charge is 0.329 e. The molecule has 1 aromatic rings. The first-order chi connectivity index (χ1) is 12.0. The van der Waals surface area contributed by atoms with Crippen molar-refractivity contribution in [1.82, 2.24) is 10.2 Å². The van der Waals surface area contributed by atoms with E-state index < -0.39 is 6.04 Å². The van der Waals surface area contributed by atoms with Crippen molar-refractivity contribution < 1.29 is 19.1 Å². The van der Waals surface area contributed by atoms with Crippen LogP contribution in [0.25, 0.3) is 0 Å². The maximum absolute atomic E-state index is 12.4. The lowest BCUT2D eigenvalue weighted by molar-refractivity contribution is -0.154. The number of nitrogens with zero attached hydrogens (tertiary/aromatic N) is 1. The fourth-order valence-electron chi connectivity index (χ4n) is 2.76. The zero-order valence-corrected chi connectivity index (χ0v) is 14.9. The quantitative estimate of drug-likeness (QED) is 0.765. The standard InChI is InChI=1S/C19H26N2O4/c1-3-14(2)18(23)20-12-17(22)21-11-7-10-16(21)19(24)25-13-15-8-5-4-6-9-15/h4-6,8-9,14,16H,3,7,10-13H2,1-2H3,(H,20,23)/t14-,16+/m1/s1. The van der Waals surface area contributed by atoms with E-state index in [2.05, 4.69) is 5.32 Å². The number of rotatable bonds is 7. The molecule has 6 heteroatoms. The molecule has 2 atom stereocenters. The lowest BCUT2D eigenvalue weighted by Gasteiger charge is -2.23. The Kier molecular flexibility index (Phi) is 6.98. The van der Waals surface area contributed by atoms with Crippen molar-refractivity contribution in [3.05, 3.63) is 35.9 Å². The molecule has 0 aliphatic carbocycles. The van der Waals surface area contributed by atoms with E-state index in [0.717, 1.165) is 18.4 Å². The van der Waals surface area contributed by atoms with E-state index in [1.165, 1.54) is 4.90 Å². The highest BCUT2D eigenvalue weighted by Crippen LogP contribution is 2.19. The SMILES string of the molecule is CC[C@@H](C)C(=O)NCC(=O)N1CCC[C@H]1C(=O)OCc1ccccc1. The van der Waals surface area contributed by atoms with Crippen molar-refractivity contribution in [2.24, 2.45) is 5.92 Å². The number of amides is 2. The number of benzene rings is 1. The average Bonchev–Trinajstić information content (AvgIpc) is 3.14. The summed E-state index contributed by atoms with van der Waals surface area (Å²) in [7, 11) is 0. The summed E-state index contributed by atoms with van der Waals surface area (Å²) >= 11 is 0. The van der Waals surface area contributed by atoms with E-state index in [4.69, 9.17) is 4.74 Å². The number of esters is 1. The molecule has 2 rings (SSSR count). The highest BCUT2D eigenvalue weighted by molar-refractivity contribution is 5.89. The Morgan fingerprint density at radius 1 is 1.28 bits per heavy atom. The maximum atomic E-state index is 12.4. The lowest BCUT2D eigenvalue weighted by atomic mass is 10.1. The second-order valence-electron chi connectivity index (χ2n) is 6.37. The van der Waals surface area contributed by atoms with Crippen LogP contribution in [0.4, 0.5) is 0 Å². The second-order valence-corrected chi connectivity index (χ2v) is 6.37. The fraction of sp³-hybridized carbons (Fsp3) is 0.526. The van der Waals surface area contributed by atoms with Crippen LogP contribution >= 0.6 is 0 Å². The van der Waals surface area contributed by atoms with Crippen LogP contribution in [0.3, 0.4) is 0 Å². The van der Waals surface area contributed by atoms with Gasteiger partial charge in [-0.05, 0) is 24.8 Å². The minimum absolute atomic E-state index is 0.0777. The number of hydrogen-bond acceptors (Lipinski definition) is 4. The van der Waals surface area contributed by atoms with Gasteiger partial charge in [-0.1, -0.05) is 44.2 Å². The van der Waals surface area contributed by atoms with Crippen LogP contribution in [0, 0.1) is 5.92 Å². The summed E-state index contributed by atoms with van der Waals surface area (Å²) in [6.45, 7) is 4.38. The van der Waals surface area contributed by atoms with Gasteiger partial charge in [0.05, 0.1) is 6.54 Å². The van der Waals surface area contributed by atoms with E-state index in [9.17, 15) is 14.4 Å². The number of carbonyl (C=O) groups excluding carboxylic acids is 3. The van der Waals surface area contributed by atoms with Crippen molar-refractivity contribution in [2.75, 3.05) is 13.1 Å². The molecule has 1 saturated heterocycles. The average molecular weight is 346 g/mol. The molecule has 0 aromatic heterocycles. The first-order valence-corrected chi connectivity index (χ1v) is 8.80. The van der Waals surface area contributed by atoms with Crippen LogP contribution in [-0.4, -0.2) is 41.8 Å². The molecule has 0 bridgehead atoms. The van der Waals surface area contributed by atoms with E-state index in [0.29, 0.717) is 13.0 Å². The first kappa shape index (κ1) is 19.0. The van der Waals surface area contributed by atoms with Gasteiger partial charge in [0, 0.05) is 12.5 Å². The Balaban J connectivity index is 1.84. The Hall–Kier alpha value is -2.37. The Bertz CT molecular complexity index is 603. The van der Waals surface area contributed by atoms with Gasteiger partial charge >= 0.3 is 5.97 Å². The topological polar surface area (TPSA) is 75.7 Å². The normalized spacial score (nSPS) is 17.8. The van der Waals surface area contributed by atoms with Crippen molar-refractivity contribution in [3.8, 4) is 0 Å².